The first-order chi connectivity index (χ1) is 15.5. The molecule has 8 heteroatoms. The Kier molecular flexibility index (Phi) is 8.76. The van der Waals surface area contributed by atoms with Gasteiger partial charge in [0.2, 0.25) is 0 Å². The molecule has 3 rings (SSSR count). The van der Waals surface area contributed by atoms with Crippen molar-refractivity contribution in [2.24, 2.45) is 0 Å². The summed E-state index contributed by atoms with van der Waals surface area (Å²) in [6, 6.07) is 15.9. The molecule has 2 aromatic carbocycles. The van der Waals surface area contributed by atoms with E-state index in [1.165, 1.54) is 0 Å². The number of carbonyl (C=O) groups excluding carboxylic acids is 1. The number of rotatable bonds is 11. The number of carbonyl (C=O) groups is 1. The first-order valence-corrected chi connectivity index (χ1v) is 12.1. The lowest BCUT2D eigenvalue weighted by molar-refractivity contribution is 0.0925. The highest BCUT2D eigenvalue weighted by molar-refractivity contribution is 7.84. The van der Waals surface area contributed by atoms with E-state index < -0.39 is 10.8 Å². The highest BCUT2D eigenvalue weighted by atomic mass is 35.5. The van der Waals surface area contributed by atoms with Crippen LogP contribution in [-0.2, 0) is 23.0 Å². The molecular weight excluding hydrogens is 450 g/mol. The Hall–Kier alpha value is -2.77. The lowest BCUT2D eigenvalue weighted by Gasteiger charge is -2.12. The maximum absolute atomic E-state index is 12.5. The molecular formula is C24H26ClNO5S. The zero-order valence-electron chi connectivity index (χ0n) is 18.1. The predicted octanol–water partition coefficient (Wildman–Crippen LogP) is 5.01. The minimum atomic E-state index is -1.31. The number of furan rings is 1. The maximum atomic E-state index is 12.5. The van der Waals surface area contributed by atoms with Gasteiger partial charge in [0.25, 0.3) is 5.91 Å². The van der Waals surface area contributed by atoms with E-state index >= 15 is 0 Å². The second-order valence-corrected chi connectivity index (χ2v) is 8.75. The third-order valence-electron chi connectivity index (χ3n) is 4.52. The molecule has 1 aromatic heterocycles. The molecule has 0 saturated heterocycles. The summed E-state index contributed by atoms with van der Waals surface area (Å²) in [6.07, 6.45) is 0.630. The van der Waals surface area contributed by atoms with Crippen LogP contribution in [0.4, 0.5) is 0 Å². The van der Waals surface area contributed by atoms with E-state index in [2.05, 4.69) is 5.32 Å². The number of hydrogen-bond donors (Lipinski definition) is 1. The van der Waals surface area contributed by atoms with Crippen molar-refractivity contribution in [1.82, 2.24) is 5.32 Å². The van der Waals surface area contributed by atoms with Gasteiger partial charge in [-0.3, -0.25) is 9.00 Å². The fraction of sp³-hybridized carbons (Fsp3) is 0.292. The lowest BCUT2D eigenvalue weighted by Crippen LogP contribution is -2.25. The Morgan fingerprint density at radius 1 is 1.03 bits per heavy atom. The van der Waals surface area contributed by atoms with Gasteiger partial charge in [-0.15, -0.1) is 0 Å². The molecule has 1 atom stereocenters. The van der Waals surface area contributed by atoms with Gasteiger partial charge in [0, 0.05) is 16.5 Å². The Balaban J connectivity index is 1.53. The minimum Gasteiger partial charge on any atom is -0.490 e. The Bertz CT molecular complexity index is 1080. The summed E-state index contributed by atoms with van der Waals surface area (Å²) >= 11 is 5.95. The molecule has 3 aromatic rings. The monoisotopic (exact) mass is 475 g/mol. The van der Waals surface area contributed by atoms with Crippen LogP contribution < -0.4 is 14.8 Å². The fourth-order valence-corrected chi connectivity index (χ4v) is 4.38. The number of ether oxygens (including phenoxy) is 2. The van der Waals surface area contributed by atoms with Crippen LogP contribution in [0.5, 0.6) is 11.5 Å². The first kappa shape index (κ1) is 23.9. The van der Waals surface area contributed by atoms with Crippen molar-refractivity contribution in [2.45, 2.75) is 30.9 Å². The second-order valence-electron chi connectivity index (χ2n) is 6.87. The minimum absolute atomic E-state index is 0.167. The van der Waals surface area contributed by atoms with Crippen LogP contribution in [0.3, 0.4) is 0 Å². The number of halogens is 1. The molecule has 0 aliphatic carbocycles. The molecule has 1 amide bonds. The third-order valence-corrected chi connectivity index (χ3v) is 6.09. The zero-order valence-corrected chi connectivity index (χ0v) is 19.6. The summed E-state index contributed by atoms with van der Waals surface area (Å²) in [7, 11) is -1.31. The Morgan fingerprint density at radius 2 is 1.81 bits per heavy atom. The van der Waals surface area contributed by atoms with Gasteiger partial charge in [-0.1, -0.05) is 23.7 Å². The van der Waals surface area contributed by atoms with E-state index in [1.54, 1.807) is 36.4 Å². The largest absolute Gasteiger partial charge is 0.490 e. The molecule has 0 bridgehead atoms. The zero-order chi connectivity index (χ0) is 22.9. The molecule has 0 aliphatic rings. The molecule has 0 aliphatic heterocycles. The van der Waals surface area contributed by atoms with Gasteiger partial charge >= 0.3 is 0 Å². The van der Waals surface area contributed by atoms with Crippen molar-refractivity contribution in [3.63, 3.8) is 0 Å². The van der Waals surface area contributed by atoms with Gasteiger partial charge in [0.05, 0.1) is 29.8 Å². The van der Waals surface area contributed by atoms with Crippen LogP contribution in [0.2, 0.25) is 5.02 Å². The second kappa shape index (κ2) is 11.7. The lowest BCUT2D eigenvalue weighted by atomic mass is 10.1. The van der Waals surface area contributed by atoms with Gasteiger partial charge in [-0.05, 0) is 68.3 Å². The standard InChI is InChI=1S/C24H26ClNO5S/c1-3-29-21-10-8-17(14-23(21)30-4-2)12-13-26-24(27)22-11-9-19(31-22)16-32(28)20-7-5-6-18(25)15-20/h5-11,14-15H,3-4,12-13,16H2,1-2H3,(H,26,27)/t32-/m0/s1. The van der Waals surface area contributed by atoms with Crippen LogP contribution >= 0.6 is 11.6 Å². The molecule has 1 heterocycles. The normalized spacial score (nSPS) is 11.7. The molecule has 0 radical (unpaired) electrons. The third kappa shape index (κ3) is 6.61. The number of amides is 1. The number of hydrogen-bond acceptors (Lipinski definition) is 5. The van der Waals surface area contributed by atoms with Crippen molar-refractivity contribution in [3.8, 4) is 11.5 Å². The van der Waals surface area contributed by atoms with Gasteiger partial charge in [-0.25, -0.2) is 0 Å². The van der Waals surface area contributed by atoms with E-state index in [1.807, 2.05) is 32.0 Å². The molecule has 0 spiro atoms. The molecule has 0 saturated carbocycles. The van der Waals surface area contributed by atoms with Crippen LogP contribution in [0.1, 0.15) is 35.7 Å². The summed E-state index contributed by atoms with van der Waals surface area (Å²) in [5, 5.41) is 3.37. The van der Waals surface area contributed by atoms with Crippen molar-refractivity contribution in [1.29, 1.82) is 0 Å². The molecule has 32 heavy (non-hydrogen) atoms. The first-order valence-electron chi connectivity index (χ1n) is 10.4. The van der Waals surface area contributed by atoms with E-state index in [-0.39, 0.29) is 17.4 Å². The highest BCUT2D eigenvalue weighted by Gasteiger charge is 2.14. The quantitative estimate of drug-likeness (QED) is 0.421. The summed E-state index contributed by atoms with van der Waals surface area (Å²) in [6.45, 7) is 5.39. The smallest absolute Gasteiger partial charge is 0.287 e. The highest BCUT2D eigenvalue weighted by Crippen LogP contribution is 2.28. The molecule has 6 nitrogen and oxygen atoms in total. The maximum Gasteiger partial charge on any atom is 0.287 e. The topological polar surface area (TPSA) is 77.8 Å². The van der Waals surface area contributed by atoms with Crippen LogP contribution in [-0.4, -0.2) is 29.9 Å². The molecule has 170 valence electrons. The van der Waals surface area contributed by atoms with Crippen molar-refractivity contribution in [2.75, 3.05) is 19.8 Å². The molecule has 0 unspecified atom stereocenters. The van der Waals surface area contributed by atoms with Gasteiger partial charge in [0.15, 0.2) is 17.3 Å². The summed E-state index contributed by atoms with van der Waals surface area (Å²) in [4.78, 5) is 13.0. The SMILES string of the molecule is CCOc1ccc(CCNC(=O)c2ccc(C[S@](=O)c3cccc(Cl)c3)o2)cc1OCC. The summed E-state index contributed by atoms with van der Waals surface area (Å²) < 4.78 is 29.3. The average Bonchev–Trinajstić information content (AvgIpc) is 3.24. The van der Waals surface area contributed by atoms with Gasteiger partial charge < -0.3 is 19.2 Å². The van der Waals surface area contributed by atoms with E-state index in [9.17, 15) is 9.00 Å². The summed E-state index contributed by atoms with van der Waals surface area (Å²) in [5.74, 6) is 1.91. The van der Waals surface area contributed by atoms with Crippen LogP contribution in [0.15, 0.2) is 63.9 Å². The average molecular weight is 476 g/mol. The Morgan fingerprint density at radius 3 is 2.56 bits per heavy atom. The number of nitrogens with one attached hydrogen (secondary N) is 1. The predicted molar refractivity (Wildman–Crippen MR) is 125 cm³/mol. The van der Waals surface area contributed by atoms with Crippen molar-refractivity contribution >= 4 is 28.3 Å². The van der Waals surface area contributed by atoms with Crippen LogP contribution in [0, 0.1) is 0 Å². The van der Waals surface area contributed by atoms with E-state index in [0.717, 1.165) is 5.56 Å². The van der Waals surface area contributed by atoms with Gasteiger partial charge in [0.1, 0.15) is 5.76 Å². The van der Waals surface area contributed by atoms with E-state index in [0.29, 0.717) is 53.4 Å². The summed E-state index contributed by atoms with van der Waals surface area (Å²) in [5.41, 5.74) is 1.02. The molecule has 0 fully saturated rings. The molecule has 1 N–H and O–H groups in total. The van der Waals surface area contributed by atoms with Crippen molar-refractivity contribution in [3.05, 3.63) is 76.7 Å². The fourth-order valence-electron chi connectivity index (χ4n) is 3.06. The van der Waals surface area contributed by atoms with Gasteiger partial charge in [-0.2, -0.15) is 0 Å². The Labute approximate surface area is 195 Å². The van der Waals surface area contributed by atoms with Crippen molar-refractivity contribution < 1.29 is 22.9 Å². The van der Waals surface area contributed by atoms with Crippen LogP contribution in [0.25, 0.3) is 0 Å². The van der Waals surface area contributed by atoms with E-state index in [4.69, 9.17) is 25.5 Å². The number of benzene rings is 2.